The first-order valence-electron chi connectivity index (χ1n) is 7.80. The van der Waals surface area contributed by atoms with Crippen molar-refractivity contribution in [2.24, 2.45) is 0 Å². The van der Waals surface area contributed by atoms with Crippen LogP contribution in [0.25, 0.3) is 0 Å². The van der Waals surface area contributed by atoms with Crippen LogP contribution < -0.4 is 5.32 Å². The highest BCUT2D eigenvalue weighted by atomic mass is 19.1. The van der Waals surface area contributed by atoms with E-state index in [2.05, 4.69) is 20.8 Å². The van der Waals surface area contributed by atoms with E-state index in [-0.39, 0.29) is 5.82 Å². The number of anilines is 1. The van der Waals surface area contributed by atoms with Crippen LogP contribution in [0.2, 0.25) is 0 Å². The minimum Gasteiger partial charge on any atom is -0.462 e. The van der Waals surface area contributed by atoms with Crippen LogP contribution in [-0.2, 0) is 9.53 Å². The highest BCUT2D eigenvalue weighted by Gasteiger charge is 2.34. The number of hydrogen-bond donors (Lipinski definition) is 1. The summed E-state index contributed by atoms with van der Waals surface area (Å²) in [6.45, 7) is 4.14. The fourth-order valence-electron chi connectivity index (χ4n) is 2.62. The Morgan fingerprint density at radius 3 is 2.83 bits per heavy atom. The van der Waals surface area contributed by atoms with Crippen molar-refractivity contribution in [1.29, 1.82) is 0 Å². The Balaban J connectivity index is 2.00. The molecular formula is C16H18FN5O2. The Bertz CT molecular complexity index is 769. The van der Waals surface area contributed by atoms with Crippen molar-refractivity contribution in [1.82, 2.24) is 20.2 Å². The van der Waals surface area contributed by atoms with Crippen molar-refractivity contribution in [3.05, 3.63) is 46.9 Å². The molecule has 0 aliphatic carbocycles. The first kappa shape index (κ1) is 16.1. The number of hydrogen-bond acceptors (Lipinski definition) is 6. The Morgan fingerprint density at radius 2 is 2.12 bits per heavy atom. The van der Waals surface area contributed by atoms with E-state index in [1.165, 1.54) is 16.8 Å². The molecule has 3 rings (SSSR count). The zero-order valence-electron chi connectivity index (χ0n) is 13.5. The zero-order valence-corrected chi connectivity index (χ0v) is 13.5. The molecule has 0 amide bonds. The Morgan fingerprint density at radius 1 is 1.38 bits per heavy atom. The fourth-order valence-corrected chi connectivity index (χ4v) is 2.62. The third-order valence-electron chi connectivity index (χ3n) is 3.85. The maximum atomic E-state index is 13.3. The average Bonchev–Trinajstić information content (AvgIpc) is 3.02. The molecule has 2 heterocycles. The maximum absolute atomic E-state index is 13.3. The molecule has 0 saturated heterocycles. The minimum atomic E-state index is -0.564. The van der Waals surface area contributed by atoms with Crippen LogP contribution in [0.5, 0.6) is 0 Å². The van der Waals surface area contributed by atoms with E-state index in [4.69, 9.17) is 4.74 Å². The van der Waals surface area contributed by atoms with Crippen molar-refractivity contribution in [2.75, 3.05) is 11.9 Å². The normalized spacial score (nSPS) is 16.5. The van der Waals surface area contributed by atoms with Gasteiger partial charge in [0.15, 0.2) is 0 Å². The summed E-state index contributed by atoms with van der Waals surface area (Å²) < 4.78 is 20.1. The number of halogens is 1. The monoisotopic (exact) mass is 331 g/mol. The van der Waals surface area contributed by atoms with E-state index in [1.807, 2.05) is 6.92 Å². The number of fused-ring (bicyclic) bond motifs is 1. The van der Waals surface area contributed by atoms with E-state index < -0.39 is 12.0 Å². The summed E-state index contributed by atoms with van der Waals surface area (Å²) in [6.07, 6.45) is 1.73. The molecule has 126 valence electrons. The number of esters is 1. The van der Waals surface area contributed by atoms with Crippen LogP contribution in [0, 0.1) is 5.82 Å². The first-order chi connectivity index (χ1) is 11.6. The molecule has 0 saturated carbocycles. The molecule has 0 radical (unpaired) electrons. The minimum absolute atomic E-state index is 0.350. The van der Waals surface area contributed by atoms with Crippen LogP contribution in [0.3, 0.4) is 0 Å². The smallest absolute Gasteiger partial charge is 0.338 e. The highest BCUT2D eigenvalue weighted by molar-refractivity contribution is 5.92. The summed E-state index contributed by atoms with van der Waals surface area (Å²) in [5.74, 6) is -0.353. The van der Waals surface area contributed by atoms with Gasteiger partial charge < -0.3 is 10.1 Å². The number of benzene rings is 1. The van der Waals surface area contributed by atoms with Gasteiger partial charge >= 0.3 is 5.97 Å². The molecule has 1 atom stereocenters. The van der Waals surface area contributed by atoms with Crippen molar-refractivity contribution in [3.63, 3.8) is 0 Å². The number of unbranched alkanes of at least 4 members (excludes halogenated alkanes) is 1. The molecule has 1 aromatic heterocycles. The van der Waals surface area contributed by atoms with Gasteiger partial charge in [0.2, 0.25) is 5.95 Å². The summed E-state index contributed by atoms with van der Waals surface area (Å²) in [5.41, 5.74) is 1.74. The molecule has 1 aliphatic heterocycles. The molecule has 0 bridgehead atoms. The molecule has 1 aromatic carbocycles. The van der Waals surface area contributed by atoms with Crippen LogP contribution in [0.1, 0.15) is 38.3 Å². The summed E-state index contributed by atoms with van der Waals surface area (Å²) in [6, 6.07) is 5.35. The molecule has 7 nitrogen and oxygen atoms in total. The van der Waals surface area contributed by atoms with Gasteiger partial charge in [0, 0.05) is 5.70 Å². The molecule has 24 heavy (non-hydrogen) atoms. The van der Waals surface area contributed by atoms with Gasteiger partial charge in [0.25, 0.3) is 0 Å². The van der Waals surface area contributed by atoms with Crippen molar-refractivity contribution < 1.29 is 13.9 Å². The van der Waals surface area contributed by atoms with E-state index in [0.717, 1.165) is 12.8 Å². The van der Waals surface area contributed by atoms with Gasteiger partial charge in [0.1, 0.15) is 11.9 Å². The summed E-state index contributed by atoms with van der Waals surface area (Å²) >= 11 is 0. The molecule has 0 fully saturated rings. The van der Waals surface area contributed by atoms with Crippen molar-refractivity contribution >= 4 is 11.9 Å². The third kappa shape index (κ3) is 2.99. The Kier molecular flexibility index (Phi) is 4.54. The van der Waals surface area contributed by atoms with Crippen molar-refractivity contribution in [2.45, 2.75) is 32.7 Å². The number of nitrogens with one attached hydrogen (secondary N) is 1. The number of rotatable bonds is 5. The molecule has 0 unspecified atom stereocenters. The van der Waals surface area contributed by atoms with Crippen LogP contribution in [0.15, 0.2) is 35.5 Å². The fraction of sp³-hybridized carbons (Fsp3) is 0.375. The van der Waals surface area contributed by atoms with E-state index in [9.17, 15) is 9.18 Å². The largest absolute Gasteiger partial charge is 0.462 e. The van der Waals surface area contributed by atoms with Gasteiger partial charge in [-0.25, -0.2) is 9.18 Å². The standard InChI is InChI=1S/C16H18FN5O2/c1-3-4-9-24-15(23)13-10(2)18-16-19-20-21-22(16)14(13)11-5-7-12(17)8-6-11/h5-8,14H,3-4,9H2,1-2H3,(H,18,19,21)/t14-/m0/s1. The number of allylic oxidation sites excluding steroid dienone is 1. The topological polar surface area (TPSA) is 81.9 Å². The second-order valence-corrected chi connectivity index (χ2v) is 5.55. The molecule has 8 heteroatoms. The van der Waals surface area contributed by atoms with Gasteiger partial charge in [-0.1, -0.05) is 30.6 Å². The number of tetrazole rings is 1. The number of carbonyl (C=O) groups is 1. The first-order valence-corrected chi connectivity index (χ1v) is 7.80. The second-order valence-electron chi connectivity index (χ2n) is 5.55. The third-order valence-corrected chi connectivity index (χ3v) is 3.85. The van der Waals surface area contributed by atoms with Crippen LogP contribution >= 0.6 is 0 Å². The number of aromatic nitrogens is 4. The molecular weight excluding hydrogens is 313 g/mol. The lowest BCUT2D eigenvalue weighted by Gasteiger charge is -2.27. The Hall–Kier alpha value is -2.77. The van der Waals surface area contributed by atoms with E-state index >= 15 is 0 Å². The predicted molar refractivity (Wildman–Crippen MR) is 84.5 cm³/mol. The highest BCUT2D eigenvalue weighted by Crippen LogP contribution is 2.34. The lowest BCUT2D eigenvalue weighted by atomic mass is 9.96. The number of ether oxygens (including phenoxy) is 1. The molecule has 0 spiro atoms. The average molecular weight is 331 g/mol. The molecule has 1 N–H and O–H groups in total. The summed E-state index contributed by atoms with van der Waals surface area (Å²) in [4.78, 5) is 12.6. The number of carbonyl (C=O) groups excluding carboxylic acids is 1. The van der Waals surface area contributed by atoms with Gasteiger partial charge in [-0.05, 0) is 41.5 Å². The second kappa shape index (κ2) is 6.77. The van der Waals surface area contributed by atoms with Gasteiger partial charge in [-0.2, -0.15) is 4.68 Å². The quantitative estimate of drug-likeness (QED) is 0.669. The SMILES string of the molecule is CCCCOC(=O)C1=C(C)Nc2nnnn2[C@H]1c1ccc(F)cc1. The van der Waals surface area contributed by atoms with E-state index in [0.29, 0.717) is 29.4 Å². The number of nitrogens with zero attached hydrogens (tertiary/aromatic N) is 4. The van der Waals surface area contributed by atoms with Crippen molar-refractivity contribution in [3.8, 4) is 0 Å². The van der Waals surface area contributed by atoms with Gasteiger partial charge in [-0.15, -0.1) is 0 Å². The molecule has 2 aromatic rings. The van der Waals surface area contributed by atoms with Gasteiger partial charge in [-0.3, -0.25) is 0 Å². The van der Waals surface area contributed by atoms with Crippen LogP contribution in [-0.4, -0.2) is 32.8 Å². The zero-order chi connectivity index (χ0) is 17.1. The predicted octanol–water partition coefficient (Wildman–Crippen LogP) is 2.44. The summed E-state index contributed by atoms with van der Waals surface area (Å²) in [7, 11) is 0. The molecule has 1 aliphatic rings. The van der Waals surface area contributed by atoms with Crippen LogP contribution in [0.4, 0.5) is 10.3 Å². The van der Waals surface area contributed by atoms with Gasteiger partial charge in [0.05, 0.1) is 12.2 Å². The summed E-state index contributed by atoms with van der Waals surface area (Å²) in [5, 5.41) is 14.5. The Labute approximate surface area is 138 Å². The lowest BCUT2D eigenvalue weighted by Crippen LogP contribution is -2.29. The maximum Gasteiger partial charge on any atom is 0.338 e. The lowest BCUT2D eigenvalue weighted by molar-refractivity contribution is -0.139. The van der Waals surface area contributed by atoms with E-state index in [1.54, 1.807) is 19.1 Å².